The van der Waals surface area contributed by atoms with E-state index in [1.54, 1.807) is 6.07 Å². The third-order valence-corrected chi connectivity index (χ3v) is 2.83. The summed E-state index contributed by atoms with van der Waals surface area (Å²) in [4.78, 5) is 0. The molecule has 1 aromatic heterocycles. The molecule has 0 bridgehead atoms. The van der Waals surface area contributed by atoms with E-state index in [9.17, 15) is 0 Å². The van der Waals surface area contributed by atoms with Crippen molar-refractivity contribution in [3.05, 3.63) is 20.9 Å². The first-order valence-corrected chi connectivity index (χ1v) is 4.73. The minimum Gasteiger partial charge on any atom is -0.398 e. The van der Waals surface area contributed by atoms with Crippen LogP contribution < -0.4 is 5.73 Å². The number of aromatic amines is 1. The SMILES string of the molecule is Nc1ccc2n[nH]c(I)c2c1Cl. The molecule has 1 heterocycles. The van der Waals surface area contributed by atoms with Crippen LogP contribution >= 0.6 is 34.2 Å². The Morgan fingerprint density at radius 2 is 2.25 bits per heavy atom. The van der Waals surface area contributed by atoms with Gasteiger partial charge in [-0.05, 0) is 34.7 Å². The number of nitrogens with one attached hydrogen (secondary N) is 1. The molecule has 2 aromatic rings. The first-order chi connectivity index (χ1) is 5.70. The van der Waals surface area contributed by atoms with Crippen LogP contribution in [-0.2, 0) is 0 Å². The molecule has 0 saturated carbocycles. The van der Waals surface area contributed by atoms with E-state index in [0.29, 0.717) is 10.7 Å². The van der Waals surface area contributed by atoms with E-state index in [2.05, 4.69) is 32.8 Å². The third kappa shape index (κ3) is 1.06. The summed E-state index contributed by atoms with van der Waals surface area (Å²) in [5.41, 5.74) is 7.07. The number of nitrogen functional groups attached to an aromatic ring is 1. The minimum absolute atomic E-state index is 0.575. The summed E-state index contributed by atoms with van der Waals surface area (Å²) in [5.74, 6) is 0. The van der Waals surface area contributed by atoms with Crippen LogP contribution in [0.1, 0.15) is 0 Å². The topological polar surface area (TPSA) is 54.7 Å². The van der Waals surface area contributed by atoms with Gasteiger partial charge in [-0.15, -0.1) is 0 Å². The smallest absolute Gasteiger partial charge is 0.105 e. The van der Waals surface area contributed by atoms with Gasteiger partial charge in [-0.25, -0.2) is 0 Å². The van der Waals surface area contributed by atoms with Crippen molar-refractivity contribution >= 4 is 50.8 Å². The number of nitrogens with two attached hydrogens (primary N) is 1. The van der Waals surface area contributed by atoms with Crippen LogP contribution in [0.25, 0.3) is 10.9 Å². The van der Waals surface area contributed by atoms with Crippen LogP contribution in [0.5, 0.6) is 0 Å². The molecule has 1 aromatic carbocycles. The molecular weight excluding hydrogens is 288 g/mol. The molecule has 0 aliphatic rings. The summed E-state index contributed by atoms with van der Waals surface area (Å²) >= 11 is 8.12. The first kappa shape index (κ1) is 8.12. The average molecular weight is 293 g/mol. The van der Waals surface area contributed by atoms with Crippen LogP contribution in [0.3, 0.4) is 0 Å². The van der Waals surface area contributed by atoms with Gasteiger partial charge < -0.3 is 5.73 Å². The first-order valence-electron chi connectivity index (χ1n) is 3.27. The van der Waals surface area contributed by atoms with Gasteiger partial charge >= 0.3 is 0 Å². The second-order valence-corrected chi connectivity index (χ2v) is 3.86. The lowest BCUT2D eigenvalue weighted by atomic mass is 10.2. The second kappa shape index (κ2) is 2.77. The van der Waals surface area contributed by atoms with Crippen molar-refractivity contribution in [3.8, 4) is 0 Å². The number of hydrogen-bond donors (Lipinski definition) is 2. The Hall–Kier alpha value is -0.490. The van der Waals surface area contributed by atoms with Crippen molar-refractivity contribution in [1.82, 2.24) is 10.2 Å². The Kier molecular flexibility index (Phi) is 1.88. The molecule has 5 heteroatoms. The lowest BCUT2D eigenvalue weighted by molar-refractivity contribution is 1.09. The van der Waals surface area contributed by atoms with Crippen molar-refractivity contribution in [2.75, 3.05) is 5.73 Å². The molecule has 3 nitrogen and oxygen atoms in total. The fourth-order valence-electron chi connectivity index (χ4n) is 1.05. The van der Waals surface area contributed by atoms with E-state index in [1.807, 2.05) is 6.07 Å². The summed E-state index contributed by atoms with van der Waals surface area (Å²) in [6.45, 7) is 0. The van der Waals surface area contributed by atoms with Crippen molar-refractivity contribution in [3.63, 3.8) is 0 Å². The van der Waals surface area contributed by atoms with Crippen molar-refractivity contribution < 1.29 is 0 Å². The molecule has 0 aliphatic heterocycles. The van der Waals surface area contributed by atoms with E-state index in [4.69, 9.17) is 17.3 Å². The Bertz CT molecular complexity index is 437. The molecule has 0 radical (unpaired) electrons. The summed E-state index contributed by atoms with van der Waals surface area (Å²) in [7, 11) is 0. The Morgan fingerprint density at radius 1 is 1.50 bits per heavy atom. The number of hydrogen-bond acceptors (Lipinski definition) is 2. The number of anilines is 1. The fourth-order valence-corrected chi connectivity index (χ4v) is 2.13. The molecule has 0 amide bonds. The van der Waals surface area contributed by atoms with Crippen LogP contribution in [0.2, 0.25) is 5.02 Å². The molecule has 0 aliphatic carbocycles. The highest BCUT2D eigenvalue weighted by atomic mass is 127. The number of fused-ring (bicyclic) bond motifs is 1. The second-order valence-electron chi connectivity index (χ2n) is 2.40. The molecule has 0 spiro atoms. The summed E-state index contributed by atoms with van der Waals surface area (Å²) in [5, 5.41) is 8.36. The monoisotopic (exact) mass is 293 g/mol. The minimum atomic E-state index is 0.575. The normalized spacial score (nSPS) is 10.8. The highest BCUT2D eigenvalue weighted by Crippen LogP contribution is 2.30. The highest BCUT2D eigenvalue weighted by molar-refractivity contribution is 14.1. The predicted molar refractivity (Wildman–Crippen MR) is 58.2 cm³/mol. The zero-order valence-corrected chi connectivity index (χ0v) is 8.85. The molecule has 62 valence electrons. The highest BCUT2D eigenvalue weighted by Gasteiger charge is 2.08. The van der Waals surface area contributed by atoms with Crippen LogP contribution in [-0.4, -0.2) is 10.2 Å². The number of aromatic nitrogens is 2. The lowest BCUT2D eigenvalue weighted by Crippen LogP contribution is -1.85. The van der Waals surface area contributed by atoms with Crippen molar-refractivity contribution in [2.45, 2.75) is 0 Å². The predicted octanol–water partition coefficient (Wildman–Crippen LogP) is 2.40. The largest absolute Gasteiger partial charge is 0.398 e. The average Bonchev–Trinajstić information content (AvgIpc) is 2.41. The molecule has 12 heavy (non-hydrogen) atoms. The molecule has 0 saturated heterocycles. The molecule has 3 N–H and O–H groups in total. The number of benzene rings is 1. The number of rotatable bonds is 0. The van der Waals surface area contributed by atoms with Gasteiger partial charge in [-0.1, -0.05) is 11.6 Å². The van der Waals surface area contributed by atoms with E-state index in [-0.39, 0.29) is 0 Å². The van der Waals surface area contributed by atoms with E-state index in [1.165, 1.54) is 0 Å². The van der Waals surface area contributed by atoms with Gasteiger partial charge in [0.2, 0.25) is 0 Å². The maximum atomic E-state index is 5.98. The van der Waals surface area contributed by atoms with Crippen molar-refractivity contribution in [2.24, 2.45) is 0 Å². The zero-order valence-electron chi connectivity index (χ0n) is 5.94. The number of halogens is 2. The van der Waals surface area contributed by atoms with Crippen LogP contribution in [0, 0.1) is 3.70 Å². The van der Waals surface area contributed by atoms with Gasteiger partial charge in [0.25, 0.3) is 0 Å². The molecule has 0 unspecified atom stereocenters. The molecular formula is C7H5ClIN3. The Morgan fingerprint density at radius 3 is 3.00 bits per heavy atom. The number of nitrogens with zero attached hydrogens (tertiary/aromatic N) is 1. The van der Waals surface area contributed by atoms with E-state index >= 15 is 0 Å². The van der Waals surface area contributed by atoms with Gasteiger partial charge in [-0.3, -0.25) is 5.10 Å². The Balaban J connectivity index is 2.96. The van der Waals surface area contributed by atoms with E-state index < -0.39 is 0 Å². The van der Waals surface area contributed by atoms with Gasteiger partial charge in [0.1, 0.15) is 3.70 Å². The zero-order chi connectivity index (χ0) is 8.72. The van der Waals surface area contributed by atoms with Crippen LogP contribution in [0.15, 0.2) is 12.1 Å². The maximum absolute atomic E-state index is 5.98. The molecule has 0 atom stereocenters. The summed E-state index contributed by atoms with van der Waals surface area (Å²) in [6, 6.07) is 3.59. The van der Waals surface area contributed by atoms with Crippen LogP contribution in [0.4, 0.5) is 5.69 Å². The summed E-state index contributed by atoms with van der Waals surface area (Å²) in [6.07, 6.45) is 0. The Labute approximate surface area is 87.4 Å². The lowest BCUT2D eigenvalue weighted by Gasteiger charge is -1.97. The van der Waals surface area contributed by atoms with Gasteiger partial charge in [0, 0.05) is 0 Å². The summed E-state index contributed by atoms with van der Waals surface area (Å²) < 4.78 is 0.917. The maximum Gasteiger partial charge on any atom is 0.105 e. The number of H-pyrrole nitrogens is 1. The quantitative estimate of drug-likeness (QED) is 0.579. The van der Waals surface area contributed by atoms with Gasteiger partial charge in [-0.2, -0.15) is 5.10 Å². The van der Waals surface area contributed by atoms with Gasteiger partial charge in [0.05, 0.1) is 21.6 Å². The van der Waals surface area contributed by atoms with E-state index in [0.717, 1.165) is 14.6 Å². The third-order valence-electron chi connectivity index (χ3n) is 1.64. The van der Waals surface area contributed by atoms with Crippen molar-refractivity contribution in [1.29, 1.82) is 0 Å². The van der Waals surface area contributed by atoms with Gasteiger partial charge in [0.15, 0.2) is 0 Å². The fraction of sp³-hybridized carbons (Fsp3) is 0. The standard InChI is InChI=1S/C7H5ClIN3/c8-6-3(10)1-2-4-5(6)7(9)12-11-4/h1-2H,10H2,(H,11,12). The molecule has 2 rings (SSSR count). The molecule has 0 fully saturated rings.